The first-order valence-corrected chi connectivity index (χ1v) is 6.29. The van der Waals surface area contributed by atoms with E-state index in [1.807, 2.05) is 0 Å². The van der Waals surface area contributed by atoms with E-state index in [1.165, 1.54) is 6.07 Å². The second-order valence-corrected chi connectivity index (χ2v) is 4.65. The van der Waals surface area contributed by atoms with Gasteiger partial charge >= 0.3 is 12.4 Å². The summed E-state index contributed by atoms with van der Waals surface area (Å²) in [7, 11) is 0. The number of nitrogens with one attached hydrogen (secondary N) is 1. The van der Waals surface area contributed by atoms with Gasteiger partial charge in [0.15, 0.2) is 0 Å². The second kappa shape index (κ2) is 6.06. The van der Waals surface area contributed by atoms with Crippen LogP contribution in [0.3, 0.4) is 0 Å². The van der Waals surface area contributed by atoms with Crippen LogP contribution in [0.15, 0.2) is 36.4 Å². The van der Waals surface area contributed by atoms with E-state index in [-0.39, 0.29) is 18.2 Å². The average Bonchev–Trinajstić information content (AvgIpc) is 2.45. The second-order valence-electron chi connectivity index (χ2n) is 4.65. The van der Waals surface area contributed by atoms with Crippen LogP contribution in [0.2, 0.25) is 0 Å². The van der Waals surface area contributed by atoms with Crippen LogP contribution in [0.1, 0.15) is 21.5 Å². The Morgan fingerprint density at radius 3 is 2.25 bits per heavy atom. The molecular weight excluding hydrogens is 340 g/mol. The molecule has 0 atom stereocenters. The summed E-state index contributed by atoms with van der Waals surface area (Å²) < 4.78 is 76.8. The minimum atomic E-state index is -4.97. The monoisotopic (exact) mass is 348 g/mol. The van der Waals surface area contributed by atoms with Gasteiger partial charge in [-0.1, -0.05) is 6.07 Å². The summed E-state index contributed by atoms with van der Waals surface area (Å²) in [5, 5.41) is 11.2. The number of hydrogen-bond donors (Lipinski definition) is 2. The Kier molecular flexibility index (Phi) is 4.46. The summed E-state index contributed by atoms with van der Waals surface area (Å²) in [6.45, 7) is 0. The summed E-state index contributed by atoms with van der Waals surface area (Å²) in [5.41, 5.74) is -4.29. The molecule has 2 rings (SSSR count). The maximum absolute atomic E-state index is 12.9. The van der Waals surface area contributed by atoms with Gasteiger partial charge in [-0.3, -0.25) is 4.79 Å². The summed E-state index contributed by atoms with van der Waals surface area (Å²) in [4.78, 5) is 11.9. The van der Waals surface area contributed by atoms with E-state index in [0.717, 1.165) is 12.1 Å². The molecule has 0 aliphatic heterocycles. The molecular formula is C15H8F6NO2. The van der Waals surface area contributed by atoms with E-state index in [1.54, 1.807) is 5.32 Å². The fourth-order valence-corrected chi connectivity index (χ4v) is 1.86. The Hall–Kier alpha value is -2.71. The first-order valence-electron chi connectivity index (χ1n) is 6.29. The summed E-state index contributed by atoms with van der Waals surface area (Å²) in [6.07, 6.45) is -9.86. The zero-order valence-electron chi connectivity index (χ0n) is 11.6. The lowest BCUT2D eigenvalue weighted by Crippen LogP contribution is -2.18. The SMILES string of the molecule is O=C(Nc1cc(C(F)(F)F)ccc1C(F)(F)F)c1c[c]ccc1O. The van der Waals surface area contributed by atoms with Crippen molar-refractivity contribution in [3.8, 4) is 5.75 Å². The van der Waals surface area contributed by atoms with Gasteiger partial charge in [0.05, 0.1) is 22.4 Å². The van der Waals surface area contributed by atoms with Crippen LogP contribution in [0.5, 0.6) is 5.75 Å². The number of aromatic hydroxyl groups is 1. The molecule has 0 saturated carbocycles. The zero-order chi connectivity index (χ0) is 18.1. The van der Waals surface area contributed by atoms with E-state index in [4.69, 9.17) is 0 Å². The van der Waals surface area contributed by atoms with Crippen molar-refractivity contribution in [1.29, 1.82) is 0 Å². The number of phenolic OH excluding ortho intramolecular Hbond substituents is 1. The zero-order valence-corrected chi connectivity index (χ0v) is 11.6. The third-order valence-corrected chi connectivity index (χ3v) is 2.99. The van der Waals surface area contributed by atoms with Crippen LogP contribution in [-0.2, 0) is 12.4 Å². The average molecular weight is 348 g/mol. The van der Waals surface area contributed by atoms with Crippen molar-refractivity contribution >= 4 is 11.6 Å². The molecule has 1 amide bonds. The number of amides is 1. The maximum Gasteiger partial charge on any atom is 0.418 e. The number of rotatable bonds is 2. The molecule has 127 valence electrons. The van der Waals surface area contributed by atoms with Crippen LogP contribution in [0, 0.1) is 6.07 Å². The van der Waals surface area contributed by atoms with Crippen LogP contribution in [0.4, 0.5) is 32.0 Å². The van der Waals surface area contributed by atoms with Crippen LogP contribution in [0.25, 0.3) is 0 Å². The highest BCUT2D eigenvalue weighted by molar-refractivity contribution is 6.06. The van der Waals surface area contributed by atoms with E-state index >= 15 is 0 Å². The molecule has 24 heavy (non-hydrogen) atoms. The highest BCUT2D eigenvalue weighted by atomic mass is 19.4. The smallest absolute Gasteiger partial charge is 0.418 e. The molecule has 3 nitrogen and oxygen atoms in total. The fourth-order valence-electron chi connectivity index (χ4n) is 1.86. The minimum absolute atomic E-state index is 0.185. The predicted molar refractivity (Wildman–Crippen MR) is 71.3 cm³/mol. The van der Waals surface area contributed by atoms with Crippen molar-refractivity contribution in [3.05, 3.63) is 59.2 Å². The highest BCUT2D eigenvalue weighted by Crippen LogP contribution is 2.39. The van der Waals surface area contributed by atoms with Gasteiger partial charge in [0, 0.05) is 0 Å². The van der Waals surface area contributed by atoms with E-state index < -0.39 is 46.4 Å². The molecule has 0 heterocycles. The molecule has 2 N–H and O–H groups in total. The molecule has 0 unspecified atom stereocenters. The maximum atomic E-state index is 12.9. The van der Waals surface area contributed by atoms with Gasteiger partial charge in [0.1, 0.15) is 5.75 Å². The number of hydrogen-bond acceptors (Lipinski definition) is 2. The normalized spacial score (nSPS) is 12.1. The van der Waals surface area contributed by atoms with Gasteiger partial charge in [0.25, 0.3) is 5.91 Å². The fraction of sp³-hybridized carbons (Fsp3) is 0.133. The van der Waals surface area contributed by atoms with Crippen LogP contribution in [-0.4, -0.2) is 11.0 Å². The van der Waals surface area contributed by atoms with Gasteiger partial charge in [-0.25, -0.2) is 0 Å². The van der Waals surface area contributed by atoms with Crippen LogP contribution < -0.4 is 5.32 Å². The van der Waals surface area contributed by atoms with Gasteiger partial charge in [0.2, 0.25) is 0 Å². The Balaban J connectivity index is 2.47. The van der Waals surface area contributed by atoms with E-state index in [0.29, 0.717) is 0 Å². The number of benzene rings is 2. The Bertz CT molecular complexity index is 767. The lowest BCUT2D eigenvalue weighted by molar-refractivity contribution is -0.140. The quantitative estimate of drug-likeness (QED) is 0.786. The lowest BCUT2D eigenvalue weighted by atomic mass is 10.1. The standard InChI is InChI=1S/C15H8F6NO2/c16-14(17,18)8-5-6-10(15(19,20)21)11(7-8)22-13(24)9-3-1-2-4-12(9)23/h2-7,23H,(H,22,24). The van der Waals surface area contributed by atoms with Crippen molar-refractivity contribution in [1.82, 2.24) is 0 Å². The first kappa shape index (κ1) is 17.6. The number of halogens is 6. The van der Waals surface area contributed by atoms with Crippen molar-refractivity contribution < 1.29 is 36.2 Å². The number of carbonyl (C=O) groups is 1. The first-order chi connectivity index (χ1) is 11.0. The van der Waals surface area contributed by atoms with Crippen molar-refractivity contribution in [2.45, 2.75) is 12.4 Å². The molecule has 0 spiro atoms. The molecule has 0 aliphatic carbocycles. The number of anilines is 1. The Morgan fingerprint density at radius 1 is 1.04 bits per heavy atom. The molecule has 2 aromatic carbocycles. The van der Waals surface area contributed by atoms with Gasteiger partial charge < -0.3 is 10.4 Å². The summed E-state index contributed by atoms with van der Waals surface area (Å²) in [6, 6.07) is 6.41. The molecule has 0 saturated heterocycles. The predicted octanol–water partition coefficient (Wildman–Crippen LogP) is 4.48. The minimum Gasteiger partial charge on any atom is -0.507 e. The molecule has 2 aromatic rings. The van der Waals surface area contributed by atoms with Crippen molar-refractivity contribution in [2.75, 3.05) is 5.32 Å². The topological polar surface area (TPSA) is 49.3 Å². The van der Waals surface area contributed by atoms with E-state index in [2.05, 4.69) is 6.07 Å². The molecule has 0 aromatic heterocycles. The van der Waals surface area contributed by atoms with Gasteiger partial charge in [-0.05, 0) is 36.4 Å². The third kappa shape index (κ3) is 3.79. The van der Waals surface area contributed by atoms with Crippen molar-refractivity contribution in [3.63, 3.8) is 0 Å². The summed E-state index contributed by atoms with van der Waals surface area (Å²) in [5.74, 6) is -1.75. The van der Waals surface area contributed by atoms with Gasteiger partial charge in [-0.2, -0.15) is 26.3 Å². The molecule has 0 fully saturated rings. The number of carbonyl (C=O) groups excluding carboxylic acids is 1. The van der Waals surface area contributed by atoms with Gasteiger partial charge in [-0.15, -0.1) is 0 Å². The van der Waals surface area contributed by atoms with Crippen LogP contribution >= 0.6 is 0 Å². The molecule has 1 radical (unpaired) electrons. The highest BCUT2D eigenvalue weighted by Gasteiger charge is 2.37. The Morgan fingerprint density at radius 2 is 1.71 bits per heavy atom. The molecule has 9 heteroatoms. The summed E-state index contributed by atoms with van der Waals surface area (Å²) >= 11 is 0. The Labute approximate surface area is 131 Å². The van der Waals surface area contributed by atoms with E-state index in [9.17, 15) is 36.2 Å². The lowest BCUT2D eigenvalue weighted by Gasteiger charge is -2.16. The number of alkyl halides is 6. The third-order valence-electron chi connectivity index (χ3n) is 2.99. The molecule has 0 aliphatic rings. The number of phenols is 1. The molecule has 0 bridgehead atoms. The van der Waals surface area contributed by atoms with Crippen molar-refractivity contribution in [2.24, 2.45) is 0 Å². The largest absolute Gasteiger partial charge is 0.507 e.